The van der Waals surface area contributed by atoms with Crippen LogP contribution in [-0.4, -0.2) is 33.5 Å². The predicted molar refractivity (Wildman–Crippen MR) is 112 cm³/mol. The standard InChI is InChI=1S/C21H22N4O2S/c1-27-14-13-24-12-4-6-18(24)20-19(17-5-2-3-11-22-17)23-21(28)25(20)15-7-9-16(26)10-8-15/h2-12,19-20,26H,13-14H2,1H3,(H,23,28)/t19-,20+/m0/s1. The number of nitrogens with zero attached hydrogens (tertiary/aromatic N) is 3. The number of benzene rings is 1. The maximum atomic E-state index is 9.69. The summed E-state index contributed by atoms with van der Waals surface area (Å²) in [6, 6.07) is 17.0. The first kappa shape index (κ1) is 18.5. The summed E-state index contributed by atoms with van der Waals surface area (Å²) in [5.74, 6) is 0.225. The van der Waals surface area contributed by atoms with Crippen molar-refractivity contribution in [3.63, 3.8) is 0 Å². The molecule has 0 aliphatic carbocycles. The molecule has 0 spiro atoms. The van der Waals surface area contributed by atoms with Crippen LogP contribution in [-0.2, 0) is 11.3 Å². The fourth-order valence-electron chi connectivity index (χ4n) is 3.64. The number of rotatable bonds is 6. The topological polar surface area (TPSA) is 62.5 Å². The smallest absolute Gasteiger partial charge is 0.174 e. The molecule has 0 radical (unpaired) electrons. The third kappa shape index (κ3) is 3.46. The van der Waals surface area contributed by atoms with Crippen LogP contribution in [0, 0.1) is 0 Å². The normalized spacial score (nSPS) is 19.0. The molecule has 2 N–H and O–H groups in total. The van der Waals surface area contributed by atoms with E-state index in [1.54, 1.807) is 25.4 Å². The van der Waals surface area contributed by atoms with Crippen LogP contribution in [0.15, 0.2) is 67.0 Å². The van der Waals surface area contributed by atoms with Crippen molar-refractivity contribution in [1.29, 1.82) is 0 Å². The lowest BCUT2D eigenvalue weighted by Crippen LogP contribution is -2.30. The van der Waals surface area contributed by atoms with E-state index in [2.05, 4.69) is 32.0 Å². The molecule has 1 saturated heterocycles. The Morgan fingerprint density at radius 3 is 2.68 bits per heavy atom. The van der Waals surface area contributed by atoms with Gasteiger partial charge in [0.1, 0.15) is 11.8 Å². The molecule has 7 heteroatoms. The number of nitrogens with one attached hydrogen (secondary N) is 1. The zero-order chi connectivity index (χ0) is 19.5. The van der Waals surface area contributed by atoms with Crippen LogP contribution in [0.3, 0.4) is 0 Å². The highest BCUT2D eigenvalue weighted by atomic mass is 32.1. The quantitative estimate of drug-likeness (QED) is 0.625. The number of aromatic hydroxyl groups is 1. The Hall–Kier alpha value is -2.90. The van der Waals surface area contributed by atoms with Gasteiger partial charge in [0.05, 0.1) is 18.3 Å². The van der Waals surface area contributed by atoms with E-state index in [1.807, 2.05) is 36.4 Å². The maximum Gasteiger partial charge on any atom is 0.174 e. The molecular weight excluding hydrogens is 372 g/mol. The third-order valence-corrected chi connectivity index (χ3v) is 5.24. The summed E-state index contributed by atoms with van der Waals surface area (Å²) in [7, 11) is 1.70. The maximum absolute atomic E-state index is 9.69. The number of hydrogen-bond acceptors (Lipinski definition) is 4. The molecule has 6 nitrogen and oxygen atoms in total. The van der Waals surface area contributed by atoms with Crippen LogP contribution in [0.25, 0.3) is 0 Å². The average molecular weight is 395 g/mol. The fourth-order valence-corrected chi connectivity index (χ4v) is 3.98. The molecule has 0 bridgehead atoms. The molecule has 2 aromatic heterocycles. The second kappa shape index (κ2) is 8.00. The van der Waals surface area contributed by atoms with Gasteiger partial charge in [-0.1, -0.05) is 6.07 Å². The van der Waals surface area contributed by atoms with Crippen LogP contribution < -0.4 is 10.2 Å². The van der Waals surface area contributed by atoms with Gasteiger partial charge >= 0.3 is 0 Å². The van der Waals surface area contributed by atoms with Gasteiger partial charge < -0.3 is 24.6 Å². The molecule has 28 heavy (non-hydrogen) atoms. The van der Waals surface area contributed by atoms with Crippen molar-refractivity contribution in [2.45, 2.75) is 18.6 Å². The van der Waals surface area contributed by atoms with Crippen molar-refractivity contribution < 1.29 is 9.84 Å². The molecule has 1 fully saturated rings. The first-order chi connectivity index (χ1) is 13.7. The van der Waals surface area contributed by atoms with Gasteiger partial charge in [-0.2, -0.15) is 0 Å². The summed E-state index contributed by atoms with van der Waals surface area (Å²) in [6.07, 6.45) is 3.85. The number of phenolic OH excluding ortho intramolecular Hbond substituents is 1. The molecule has 1 aliphatic heterocycles. The van der Waals surface area contributed by atoms with Crippen molar-refractivity contribution >= 4 is 23.0 Å². The van der Waals surface area contributed by atoms with E-state index in [4.69, 9.17) is 17.0 Å². The minimum Gasteiger partial charge on any atom is -0.508 e. The van der Waals surface area contributed by atoms with Crippen molar-refractivity contribution in [2.75, 3.05) is 18.6 Å². The Morgan fingerprint density at radius 2 is 1.96 bits per heavy atom. The molecule has 3 heterocycles. The SMILES string of the molecule is COCCn1cccc1[C@@H]1[C@H](c2ccccn2)NC(=S)N1c1ccc(O)cc1. The van der Waals surface area contributed by atoms with Gasteiger partial charge in [-0.05, 0) is 60.7 Å². The number of pyridine rings is 1. The average Bonchev–Trinajstić information content (AvgIpc) is 3.31. The van der Waals surface area contributed by atoms with Gasteiger partial charge in [-0.3, -0.25) is 4.98 Å². The highest BCUT2D eigenvalue weighted by Crippen LogP contribution is 2.41. The van der Waals surface area contributed by atoms with Crippen molar-refractivity contribution in [2.24, 2.45) is 0 Å². The summed E-state index contributed by atoms with van der Waals surface area (Å²) < 4.78 is 7.46. The minimum atomic E-state index is -0.0984. The number of anilines is 1. The highest BCUT2D eigenvalue weighted by molar-refractivity contribution is 7.80. The lowest BCUT2D eigenvalue weighted by molar-refractivity contribution is 0.186. The third-order valence-electron chi connectivity index (χ3n) is 4.93. The summed E-state index contributed by atoms with van der Waals surface area (Å²) in [4.78, 5) is 6.66. The second-order valence-electron chi connectivity index (χ2n) is 6.63. The van der Waals surface area contributed by atoms with Gasteiger partial charge in [0.15, 0.2) is 5.11 Å². The Morgan fingerprint density at radius 1 is 1.14 bits per heavy atom. The number of hydrogen-bond donors (Lipinski definition) is 2. The van der Waals surface area contributed by atoms with Crippen LogP contribution in [0.2, 0.25) is 0 Å². The molecule has 3 aromatic rings. The molecular formula is C21H22N4O2S. The zero-order valence-electron chi connectivity index (χ0n) is 15.5. The van der Waals surface area contributed by atoms with Crippen molar-refractivity contribution in [1.82, 2.24) is 14.9 Å². The summed E-state index contributed by atoms with van der Waals surface area (Å²) in [6.45, 7) is 1.38. The highest BCUT2D eigenvalue weighted by Gasteiger charge is 2.41. The van der Waals surface area contributed by atoms with E-state index in [-0.39, 0.29) is 17.8 Å². The zero-order valence-corrected chi connectivity index (χ0v) is 16.3. The number of thiocarbonyl (C=S) groups is 1. The Balaban J connectivity index is 1.80. The number of phenols is 1. The van der Waals surface area contributed by atoms with Crippen molar-refractivity contribution in [3.05, 3.63) is 78.4 Å². The molecule has 1 aliphatic rings. The van der Waals surface area contributed by atoms with Gasteiger partial charge in [-0.25, -0.2) is 0 Å². The second-order valence-corrected chi connectivity index (χ2v) is 7.02. The van der Waals surface area contributed by atoms with Crippen LogP contribution in [0.4, 0.5) is 5.69 Å². The Bertz CT molecular complexity index is 943. The predicted octanol–water partition coefficient (Wildman–Crippen LogP) is 3.41. The molecule has 4 rings (SSSR count). The first-order valence-corrected chi connectivity index (χ1v) is 9.53. The molecule has 1 aromatic carbocycles. The van der Waals surface area contributed by atoms with Crippen LogP contribution in [0.1, 0.15) is 23.5 Å². The van der Waals surface area contributed by atoms with E-state index in [0.717, 1.165) is 23.6 Å². The van der Waals surface area contributed by atoms with Gasteiger partial charge in [-0.15, -0.1) is 0 Å². The summed E-state index contributed by atoms with van der Waals surface area (Å²) in [5.41, 5.74) is 2.96. The van der Waals surface area contributed by atoms with Gasteiger partial charge in [0, 0.05) is 37.4 Å². The number of ether oxygens (including phenoxy) is 1. The van der Waals surface area contributed by atoms with Crippen LogP contribution >= 0.6 is 12.2 Å². The van der Waals surface area contributed by atoms with E-state index in [1.165, 1.54) is 0 Å². The van der Waals surface area contributed by atoms with E-state index in [9.17, 15) is 5.11 Å². The first-order valence-electron chi connectivity index (χ1n) is 9.12. The fraction of sp³-hybridized carbons (Fsp3) is 0.238. The van der Waals surface area contributed by atoms with Gasteiger partial charge in [0.25, 0.3) is 0 Å². The molecule has 144 valence electrons. The van der Waals surface area contributed by atoms with E-state index >= 15 is 0 Å². The number of aromatic nitrogens is 2. The lowest BCUT2D eigenvalue weighted by Gasteiger charge is -2.29. The molecule has 0 saturated carbocycles. The number of methoxy groups -OCH3 is 1. The largest absolute Gasteiger partial charge is 0.508 e. The van der Waals surface area contributed by atoms with Crippen LogP contribution in [0.5, 0.6) is 5.75 Å². The van der Waals surface area contributed by atoms with E-state index in [0.29, 0.717) is 11.7 Å². The summed E-state index contributed by atoms with van der Waals surface area (Å²) in [5, 5.41) is 13.8. The lowest BCUT2D eigenvalue weighted by atomic mass is 10.0. The van der Waals surface area contributed by atoms with Gasteiger partial charge in [0.2, 0.25) is 0 Å². The van der Waals surface area contributed by atoms with Crippen molar-refractivity contribution in [3.8, 4) is 5.75 Å². The molecule has 2 atom stereocenters. The molecule has 0 unspecified atom stereocenters. The molecule has 0 amide bonds. The van der Waals surface area contributed by atoms with E-state index < -0.39 is 0 Å². The minimum absolute atomic E-state index is 0.0844. The summed E-state index contributed by atoms with van der Waals surface area (Å²) >= 11 is 5.70. The Labute approximate surface area is 169 Å². The monoisotopic (exact) mass is 394 g/mol. The Kier molecular flexibility index (Phi) is 5.27.